The molecule has 5 nitrogen and oxygen atoms in total. The summed E-state index contributed by atoms with van der Waals surface area (Å²) < 4.78 is 5.15. The summed E-state index contributed by atoms with van der Waals surface area (Å²) in [7, 11) is 0. The average molecular weight is 338 g/mol. The Morgan fingerprint density at radius 3 is 3.00 bits per heavy atom. The highest BCUT2D eigenvalue weighted by Crippen LogP contribution is 2.39. The van der Waals surface area contributed by atoms with E-state index in [4.69, 9.17) is 4.52 Å². The van der Waals surface area contributed by atoms with E-state index in [0.29, 0.717) is 12.3 Å². The molecule has 0 aromatic carbocycles. The highest BCUT2D eigenvalue weighted by Gasteiger charge is 2.43. The summed E-state index contributed by atoms with van der Waals surface area (Å²) >= 11 is 1.62. The first-order valence-corrected chi connectivity index (χ1v) is 9.65. The fourth-order valence-corrected chi connectivity index (χ4v) is 4.91. The van der Waals surface area contributed by atoms with Gasteiger partial charge in [0.05, 0.1) is 17.0 Å². The van der Waals surface area contributed by atoms with Crippen molar-refractivity contribution in [3.63, 3.8) is 0 Å². The lowest BCUT2D eigenvalue weighted by atomic mass is 9.71. The van der Waals surface area contributed by atoms with Gasteiger partial charge in [-0.3, -0.25) is 4.79 Å². The Morgan fingerprint density at radius 2 is 2.26 bits per heavy atom. The Morgan fingerprint density at radius 1 is 1.43 bits per heavy atom. The first-order valence-electron chi connectivity index (χ1n) is 8.49. The molecule has 23 heavy (non-hydrogen) atoms. The number of fused-ring (bicyclic) bond motifs is 1. The molecule has 1 amide bonds. The number of rotatable bonds is 4. The number of likely N-dealkylation sites (tertiary alicyclic amines) is 1. The summed E-state index contributed by atoms with van der Waals surface area (Å²) in [6.07, 6.45) is 4.98. The lowest BCUT2D eigenvalue weighted by Crippen LogP contribution is -2.55. The molecule has 1 saturated carbocycles. The van der Waals surface area contributed by atoms with Crippen LogP contribution in [0.4, 0.5) is 0 Å². The zero-order chi connectivity index (χ0) is 16.4. The Balaban J connectivity index is 1.49. The third kappa shape index (κ3) is 3.58. The van der Waals surface area contributed by atoms with Gasteiger partial charge >= 0.3 is 0 Å². The SMILES string of the molecule is Cc1noc(C)c1CSCC(=O)N1CC[C@@]2(O)CCCC[C@H]2C1. The third-order valence-corrected chi connectivity index (χ3v) is 6.38. The van der Waals surface area contributed by atoms with Crippen LogP contribution in [0.3, 0.4) is 0 Å². The second-order valence-electron chi connectivity index (χ2n) is 6.93. The molecular weight excluding hydrogens is 312 g/mol. The quantitative estimate of drug-likeness (QED) is 0.914. The molecule has 1 N–H and O–H groups in total. The van der Waals surface area contributed by atoms with E-state index in [0.717, 1.165) is 55.0 Å². The van der Waals surface area contributed by atoms with Crippen LogP contribution in [-0.2, 0) is 10.5 Å². The molecule has 0 bridgehead atoms. The van der Waals surface area contributed by atoms with E-state index in [2.05, 4.69) is 5.16 Å². The van der Waals surface area contributed by atoms with Crippen molar-refractivity contribution in [2.45, 2.75) is 57.3 Å². The van der Waals surface area contributed by atoms with Gasteiger partial charge in [0, 0.05) is 30.3 Å². The zero-order valence-corrected chi connectivity index (χ0v) is 14.8. The molecule has 0 unspecified atom stereocenters. The van der Waals surface area contributed by atoms with Crippen LogP contribution < -0.4 is 0 Å². The lowest BCUT2D eigenvalue weighted by Gasteiger charge is -2.47. The number of aliphatic hydroxyl groups is 1. The molecule has 128 valence electrons. The maximum absolute atomic E-state index is 12.5. The number of carbonyl (C=O) groups excluding carboxylic acids is 1. The van der Waals surface area contributed by atoms with Crippen molar-refractivity contribution in [3.05, 3.63) is 17.0 Å². The van der Waals surface area contributed by atoms with Gasteiger partial charge in [-0.05, 0) is 33.1 Å². The smallest absolute Gasteiger partial charge is 0.232 e. The van der Waals surface area contributed by atoms with Gasteiger partial charge in [-0.25, -0.2) is 0 Å². The Hall–Kier alpha value is -1.01. The number of aromatic nitrogens is 1. The molecule has 1 saturated heterocycles. The van der Waals surface area contributed by atoms with Crippen LogP contribution >= 0.6 is 11.8 Å². The molecular formula is C17H26N2O3S. The molecule has 1 aliphatic carbocycles. The van der Waals surface area contributed by atoms with E-state index in [1.165, 1.54) is 6.42 Å². The fraction of sp³-hybridized carbons (Fsp3) is 0.765. The summed E-state index contributed by atoms with van der Waals surface area (Å²) in [4.78, 5) is 14.4. The van der Waals surface area contributed by atoms with Crippen LogP contribution in [0.25, 0.3) is 0 Å². The predicted molar refractivity (Wildman–Crippen MR) is 90.2 cm³/mol. The highest BCUT2D eigenvalue weighted by atomic mass is 32.2. The number of aryl methyl sites for hydroxylation is 2. The third-order valence-electron chi connectivity index (χ3n) is 5.43. The second-order valence-corrected chi connectivity index (χ2v) is 7.92. The molecule has 2 fully saturated rings. The van der Waals surface area contributed by atoms with Crippen LogP contribution in [0.15, 0.2) is 4.52 Å². The van der Waals surface area contributed by atoms with Crippen molar-refractivity contribution in [3.8, 4) is 0 Å². The minimum Gasteiger partial charge on any atom is -0.389 e. The molecule has 2 aliphatic rings. The first-order chi connectivity index (χ1) is 11.0. The van der Waals surface area contributed by atoms with Crippen LogP contribution in [0, 0.1) is 19.8 Å². The van der Waals surface area contributed by atoms with Crippen molar-refractivity contribution in [1.82, 2.24) is 10.1 Å². The molecule has 0 spiro atoms. The van der Waals surface area contributed by atoms with Crippen LogP contribution in [0.5, 0.6) is 0 Å². The molecule has 6 heteroatoms. The van der Waals surface area contributed by atoms with Gasteiger partial charge in [0.2, 0.25) is 5.91 Å². The standard InChI is InChI=1S/C17H26N2O3S/c1-12-15(13(2)22-18-12)10-23-11-16(20)19-8-7-17(21)6-4-3-5-14(17)9-19/h14,21H,3-11H2,1-2H3/t14-,17-/m0/s1. The maximum atomic E-state index is 12.5. The van der Waals surface area contributed by atoms with E-state index in [-0.39, 0.29) is 11.8 Å². The number of carbonyl (C=O) groups is 1. The Bertz CT molecular complexity index is 555. The molecule has 2 atom stereocenters. The molecule has 1 aromatic heterocycles. The van der Waals surface area contributed by atoms with Crippen LogP contribution in [0.2, 0.25) is 0 Å². The number of hydrogen-bond acceptors (Lipinski definition) is 5. The van der Waals surface area contributed by atoms with E-state index >= 15 is 0 Å². The number of piperidine rings is 1. The second kappa shape index (κ2) is 6.85. The summed E-state index contributed by atoms with van der Waals surface area (Å²) in [6.45, 7) is 5.26. The molecule has 1 aromatic rings. The topological polar surface area (TPSA) is 66.6 Å². The monoisotopic (exact) mass is 338 g/mol. The number of thioether (sulfide) groups is 1. The van der Waals surface area contributed by atoms with Gasteiger partial charge in [0.1, 0.15) is 5.76 Å². The van der Waals surface area contributed by atoms with E-state index < -0.39 is 5.60 Å². The van der Waals surface area contributed by atoms with Crippen molar-refractivity contribution in [2.75, 3.05) is 18.8 Å². The van der Waals surface area contributed by atoms with Crippen LogP contribution in [-0.4, -0.2) is 45.5 Å². The normalized spacial score (nSPS) is 27.8. The van der Waals surface area contributed by atoms with E-state index in [1.54, 1.807) is 11.8 Å². The number of nitrogens with zero attached hydrogens (tertiary/aromatic N) is 2. The van der Waals surface area contributed by atoms with Gasteiger partial charge in [-0.15, -0.1) is 11.8 Å². The van der Waals surface area contributed by atoms with E-state index in [9.17, 15) is 9.90 Å². The summed E-state index contributed by atoms with van der Waals surface area (Å²) in [5.74, 6) is 2.53. The fourth-order valence-electron chi connectivity index (χ4n) is 3.84. The summed E-state index contributed by atoms with van der Waals surface area (Å²) in [5.41, 5.74) is 1.49. The zero-order valence-electron chi connectivity index (χ0n) is 14.0. The van der Waals surface area contributed by atoms with E-state index in [1.807, 2.05) is 18.7 Å². The van der Waals surface area contributed by atoms with Crippen molar-refractivity contribution in [2.24, 2.45) is 5.92 Å². The number of hydrogen-bond donors (Lipinski definition) is 1. The van der Waals surface area contributed by atoms with Gasteiger partial charge in [0.15, 0.2) is 0 Å². The highest BCUT2D eigenvalue weighted by molar-refractivity contribution is 7.99. The van der Waals surface area contributed by atoms with Gasteiger partial charge < -0.3 is 14.5 Å². The van der Waals surface area contributed by atoms with Gasteiger partial charge in [0.25, 0.3) is 0 Å². The molecule has 3 rings (SSSR count). The summed E-state index contributed by atoms with van der Waals surface area (Å²) in [5, 5.41) is 14.6. The van der Waals surface area contributed by atoms with Crippen molar-refractivity contribution in [1.29, 1.82) is 0 Å². The molecule has 0 radical (unpaired) electrons. The van der Waals surface area contributed by atoms with Crippen molar-refractivity contribution < 1.29 is 14.4 Å². The lowest BCUT2D eigenvalue weighted by molar-refractivity contribution is -0.140. The Labute approximate surface area is 141 Å². The van der Waals surface area contributed by atoms with Gasteiger partial charge in [-0.1, -0.05) is 18.0 Å². The van der Waals surface area contributed by atoms with Gasteiger partial charge in [-0.2, -0.15) is 0 Å². The van der Waals surface area contributed by atoms with Crippen LogP contribution in [0.1, 0.15) is 49.1 Å². The van der Waals surface area contributed by atoms with Crippen molar-refractivity contribution >= 4 is 17.7 Å². The predicted octanol–water partition coefficient (Wildman–Crippen LogP) is 2.68. The summed E-state index contributed by atoms with van der Waals surface area (Å²) in [6, 6.07) is 0. The largest absolute Gasteiger partial charge is 0.389 e. The minimum absolute atomic E-state index is 0.189. The molecule has 1 aliphatic heterocycles. The molecule has 2 heterocycles. The maximum Gasteiger partial charge on any atom is 0.232 e. The Kier molecular flexibility index (Phi) is 5.01. The average Bonchev–Trinajstić information content (AvgIpc) is 2.85. The first kappa shape index (κ1) is 16.8. The number of amides is 1. The minimum atomic E-state index is -0.515.